The molecule has 0 bridgehead atoms. The van der Waals surface area contributed by atoms with Crippen LogP contribution in [0.25, 0.3) is 0 Å². The molecule has 0 saturated heterocycles. The van der Waals surface area contributed by atoms with E-state index >= 15 is 0 Å². The number of rotatable bonds is 39. The molecular formula is C59H81N9O9S. The molecule has 0 radical (unpaired) electrons. The first kappa shape index (κ1) is 61.9. The predicted octanol–water partition coefficient (Wildman–Crippen LogP) is 9.21. The largest absolute Gasteiger partial charge is 0.494 e. The van der Waals surface area contributed by atoms with Crippen molar-refractivity contribution in [3.63, 3.8) is 0 Å². The van der Waals surface area contributed by atoms with Gasteiger partial charge in [0.2, 0.25) is 11.8 Å². The van der Waals surface area contributed by atoms with Gasteiger partial charge >= 0.3 is 6.03 Å². The maximum absolute atomic E-state index is 14.1. The van der Waals surface area contributed by atoms with E-state index in [1.165, 1.54) is 11.3 Å². The molecule has 18 nitrogen and oxygen atoms in total. The van der Waals surface area contributed by atoms with Gasteiger partial charge < -0.3 is 54.7 Å². The molecule has 1 fully saturated rings. The van der Waals surface area contributed by atoms with Crippen LogP contribution in [0.4, 0.5) is 15.6 Å². The number of hydrogen-bond donors (Lipinski definition) is 4. The first-order valence-corrected chi connectivity index (χ1v) is 27.8. The Balaban J connectivity index is 0.866. The predicted molar refractivity (Wildman–Crippen MR) is 311 cm³/mol. The minimum absolute atomic E-state index is 0.00757. The third-order valence-corrected chi connectivity index (χ3v) is 12.9. The van der Waals surface area contributed by atoms with Gasteiger partial charge in [0.15, 0.2) is 5.13 Å². The fourth-order valence-corrected chi connectivity index (χ4v) is 8.63. The van der Waals surface area contributed by atoms with Gasteiger partial charge in [0.1, 0.15) is 29.9 Å². The number of amides is 4. The minimum atomic E-state index is -0.809. The number of nitrogens with two attached hydrogens (primary N) is 1. The quantitative estimate of drug-likeness (QED) is 0.0108. The van der Waals surface area contributed by atoms with Gasteiger partial charge in [-0.15, -0.1) is 11.3 Å². The van der Waals surface area contributed by atoms with Crippen LogP contribution in [0.1, 0.15) is 82.2 Å². The smallest absolute Gasteiger partial charge is 0.325 e. The zero-order chi connectivity index (χ0) is 55.7. The summed E-state index contributed by atoms with van der Waals surface area (Å²) in [4.78, 5) is 53.0. The van der Waals surface area contributed by atoms with E-state index in [4.69, 9.17) is 34.3 Å². The lowest BCUT2D eigenvalue weighted by Crippen LogP contribution is -2.45. The van der Waals surface area contributed by atoms with Gasteiger partial charge in [-0.2, -0.15) is 5.10 Å². The standard InChI is InChI=1S/C59H81N9O9S/c1-7-13-45(8-2)41-62-57(70)56(47-14-12-15-54(40-47)77-44(4)5)68(51-21-22-51)55(69)27-18-46-16-23-52(24-17-46)75-32-11-10-30-67(6)31-35-74-37-36-72-33-28-50(66-60)42-61-29-34-73-38-39-76-53-25-19-49(20-26-53)63-58(71)65-59-64-48(9-3)43-78-59/h7-8,12-17,19-20,23-26,40,42-44,51,56H,1-2,9-11,18,21-22,27-39,41,60H2,3-6H3,(H,62,70)(H2,63,64,65,71)/b45-13+,61-42?,66-50-. The van der Waals surface area contributed by atoms with E-state index in [9.17, 15) is 14.4 Å². The molecule has 422 valence electrons. The Bertz CT molecular complexity index is 2530. The van der Waals surface area contributed by atoms with Crippen molar-refractivity contribution in [3.8, 4) is 17.2 Å². The Morgan fingerprint density at radius 1 is 0.846 bits per heavy atom. The minimum Gasteiger partial charge on any atom is -0.494 e. The van der Waals surface area contributed by atoms with Crippen molar-refractivity contribution in [2.75, 3.05) is 96.7 Å². The zero-order valence-corrected chi connectivity index (χ0v) is 46.8. The van der Waals surface area contributed by atoms with Crippen molar-refractivity contribution in [2.45, 2.75) is 90.3 Å². The first-order chi connectivity index (χ1) is 38.0. The molecule has 19 heteroatoms. The second-order valence-electron chi connectivity index (χ2n) is 18.8. The summed E-state index contributed by atoms with van der Waals surface area (Å²) in [6.45, 7) is 19.8. The van der Waals surface area contributed by atoms with Crippen molar-refractivity contribution in [2.24, 2.45) is 15.9 Å². The monoisotopic (exact) mass is 1090 g/mol. The normalized spacial score (nSPS) is 13.1. The van der Waals surface area contributed by atoms with Crippen LogP contribution in [-0.4, -0.2) is 143 Å². The fraction of sp³-hybridized carbons (Fsp3) is 0.458. The second-order valence-corrected chi connectivity index (χ2v) is 19.6. The Labute approximate surface area is 465 Å². The number of likely N-dealkylation sites (N-methyl/N-ethyl adjacent to an activating group) is 1. The number of carbonyl (C=O) groups is 3. The highest BCUT2D eigenvalue weighted by Gasteiger charge is 2.41. The molecule has 0 spiro atoms. The highest BCUT2D eigenvalue weighted by Crippen LogP contribution is 2.37. The van der Waals surface area contributed by atoms with E-state index in [0.717, 1.165) is 67.8 Å². The number of anilines is 2. The summed E-state index contributed by atoms with van der Waals surface area (Å²) in [7, 11) is 2.08. The third kappa shape index (κ3) is 23.8. The second kappa shape index (κ2) is 35.5. The lowest BCUT2D eigenvalue weighted by molar-refractivity contribution is -0.141. The number of hydrazone groups is 1. The SMILES string of the molecule is C=C/C=C(\C=C)CNC(=O)C(c1cccc(OC(C)C)c1)N(C(=O)CCc1ccc(OCCCCN(C)CCOCCOCC/C(C=NCCOCCOc2ccc(NC(=O)Nc3nc(CC)cs3)cc2)=N/N)cc1)C1CC1. The Morgan fingerprint density at radius 2 is 1.56 bits per heavy atom. The molecule has 1 atom stereocenters. The molecule has 1 aromatic heterocycles. The van der Waals surface area contributed by atoms with Crippen molar-refractivity contribution in [1.82, 2.24) is 20.1 Å². The van der Waals surface area contributed by atoms with Gasteiger partial charge in [-0.25, -0.2) is 9.78 Å². The highest BCUT2D eigenvalue weighted by molar-refractivity contribution is 7.13. The molecular weight excluding hydrogens is 1010 g/mol. The van der Waals surface area contributed by atoms with E-state index in [-0.39, 0.29) is 43.0 Å². The topological polar surface area (TPSA) is 213 Å². The molecule has 0 aliphatic heterocycles. The number of hydrogen-bond acceptors (Lipinski definition) is 15. The number of carbonyl (C=O) groups excluding carboxylic acids is 3. The van der Waals surface area contributed by atoms with Crippen LogP contribution in [-0.2, 0) is 36.6 Å². The summed E-state index contributed by atoms with van der Waals surface area (Å²) in [6, 6.07) is 21.3. The molecule has 3 aromatic carbocycles. The number of aliphatic imine (C=N–C) groups is 1. The zero-order valence-electron chi connectivity index (χ0n) is 46.0. The van der Waals surface area contributed by atoms with Crippen molar-refractivity contribution in [3.05, 3.63) is 132 Å². The molecule has 1 heterocycles. The van der Waals surface area contributed by atoms with Gasteiger partial charge in [-0.1, -0.05) is 62.6 Å². The van der Waals surface area contributed by atoms with Crippen LogP contribution in [0.15, 0.2) is 125 Å². The third-order valence-electron chi connectivity index (χ3n) is 12.1. The van der Waals surface area contributed by atoms with Gasteiger partial charge in [-0.05, 0) is 131 Å². The average molecular weight is 1090 g/mol. The average Bonchev–Trinajstić information content (AvgIpc) is 4.24. The van der Waals surface area contributed by atoms with Gasteiger partial charge in [0, 0.05) is 49.3 Å². The number of benzene rings is 3. The molecule has 1 saturated carbocycles. The van der Waals surface area contributed by atoms with Gasteiger partial charge in [0.25, 0.3) is 0 Å². The van der Waals surface area contributed by atoms with Crippen LogP contribution in [0.2, 0.25) is 0 Å². The van der Waals surface area contributed by atoms with Crippen molar-refractivity contribution >= 4 is 51.9 Å². The number of nitrogens with zero attached hydrogens (tertiary/aromatic N) is 5. The number of urea groups is 1. The molecule has 1 unspecified atom stereocenters. The summed E-state index contributed by atoms with van der Waals surface area (Å²) in [6.07, 6.45) is 12.5. The Morgan fingerprint density at radius 3 is 2.26 bits per heavy atom. The number of ether oxygens (including phenoxy) is 6. The van der Waals surface area contributed by atoms with Crippen molar-refractivity contribution < 1.29 is 42.8 Å². The molecule has 78 heavy (non-hydrogen) atoms. The number of aromatic nitrogens is 1. The summed E-state index contributed by atoms with van der Waals surface area (Å²) in [5.41, 5.74) is 4.76. The lowest BCUT2D eigenvalue weighted by Gasteiger charge is -2.32. The molecule has 1 aliphatic rings. The maximum Gasteiger partial charge on any atom is 0.325 e. The Kier molecular flexibility index (Phi) is 28.2. The van der Waals surface area contributed by atoms with Crippen LogP contribution in [0.3, 0.4) is 0 Å². The summed E-state index contributed by atoms with van der Waals surface area (Å²) in [5.74, 6) is 7.35. The Hall–Kier alpha value is -6.90. The molecule has 4 amide bonds. The van der Waals surface area contributed by atoms with Crippen LogP contribution in [0.5, 0.6) is 17.2 Å². The van der Waals surface area contributed by atoms with E-state index in [2.05, 4.69) is 56.1 Å². The van der Waals surface area contributed by atoms with E-state index in [1.54, 1.807) is 53.6 Å². The number of allylic oxidation sites excluding steroid dienone is 2. The molecule has 4 aromatic rings. The van der Waals surface area contributed by atoms with E-state index in [0.29, 0.717) is 106 Å². The van der Waals surface area contributed by atoms with E-state index < -0.39 is 6.04 Å². The molecule has 5 N–H and O–H groups in total. The number of thiazole rings is 1. The van der Waals surface area contributed by atoms with E-state index in [1.807, 2.05) is 74.7 Å². The number of aryl methyl sites for hydroxylation is 2. The van der Waals surface area contributed by atoms with Gasteiger partial charge in [0.05, 0.1) is 70.3 Å². The number of unbranched alkanes of at least 4 members (excludes halogenated alkanes) is 1. The van der Waals surface area contributed by atoms with Crippen molar-refractivity contribution in [1.29, 1.82) is 0 Å². The molecule has 5 rings (SSSR count). The maximum atomic E-state index is 14.1. The van der Waals surface area contributed by atoms with Crippen LogP contribution < -0.4 is 36.0 Å². The van der Waals surface area contributed by atoms with Crippen LogP contribution >= 0.6 is 11.3 Å². The summed E-state index contributed by atoms with van der Waals surface area (Å²) >= 11 is 1.39. The molecule has 1 aliphatic carbocycles. The van der Waals surface area contributed by atoms with Crippen LogP contribution in [0, 0.1) is 0 Å². The number of nitrogens with one attached hydrogen (secondary N) is 3. The lowest BCUT2D eigenvalue weighted by atomic mass is 10.0. The highest BCUT2D eigenvalue weighted by atomic mass is 32.1. The fourth-order valence-electron chi connectivity index (χ4n) is 7.84. The van der Waals surface area contributed by atoms with Gasteiger partial charge in [-0.3, -0.25) is 19.9 Å². The first-order valence-electron chi connectivity index (χ1n) is 26.9. The summed E-state index contributed by atoms with van der Waals surface area (Å²) < 4.78 is 34.9. The summed E-state index contributed by atoms with van der Waals surface area (Å²) in [5, 5.41) is 14.9.